The van der Waals surface area contributed by atoms with Gasteiger partial charge < -0.3 is 34.2 Å². The molecule has 1 N–H and O–H groups in total. The van der Waals surface area contributed by atoms with Crippen LogP contribution in [0.2, 0.25) is 0 Å². The number of piperazine rings is 1. The maximum atomic E-state index is 12.9. The number of methoxy groups -OCH3 is 3. The van der Waals surface area contributed by atoms with Gasteiger partial charge in [0.2, 0.25) is 11.7 Å². The molecule has 2 saturated heterocycles. The largest absolute Gasteiger partial charge is 0.493 e. The average molecular weight is 457 g/mol. The SMILES string of the molecule is COc1cc(NC(=O)N2CCN(c3ccnc(N4CCCCC4)n3)CC2)cc(OC)c1OC. The molecule has 33 heavy (non-hydrogen) atoms. The number of piperidine rings is 1. The van der Waals surface area contributed by atoms with E-state index in [1.54, 1.807) is 38.4 Å². The van der Waals surface area contributed by atoms with E-state index in [2.05, 4.69) is 20.1 Å². The van der Waals surface area contributed by atoms with E-state index in [4.69, 9.17) is 19.2 Å². The Labute approximate surface area is 194 Å². The van der Waals surface area contributed by atoms with Crippen molar-refractivity contribution in [1.29, 1.82) is 0 Å². The van der Waals surface area contributed by atoms with Crippen LogP contribution >= 0.6 is 0 Å². The second kappa shape index (κ2) is 10.5. The van der Waals surface area contributed by atoms with E-state index in [0.29, 0.717) is 49.1 Å². The molecule has 3 heterocycles. The highest BCUT2D eigenvalue weighted by Gasteiger charge is 2.24. The molecule has 2 aromatic rings. The summed E-state index contributed by atoms with van der Waals surface area (Å²) >= 11 is 0. The first-order valence-corrected chi connectivity index (χ1v) is 11.3. The minimum absolute atomic E-state index is 0.166. The number of amides is 2. The lowest BCUT2D eigenvalue weighted by Gasteiger charge is -2.36. The van der Waals surface area contributed by atoms with Gasteiger partial charge in [0.25, 0.3) is 0 Å². The smallest absolute Gasteiger partial charge is 0.321 e. The summed E-state index contributed by atoms with van der Waals surface area (Å²) < 4.78 is 16.1. The van der Waals surface area contributed by atoms with E-state index >= 15 is 0 Å². The fourth-order valence-corrected chi connectivity index (χ4v) is 4.26. The standard InChI is InChI=1S/C23H32N6O4/c1-31-18-15-17(16-19(32-2)21(18)33-3)25-23(30)29-13-11-27(12-14-29)20-7-8-24-22(26-20)28-9-5-4-6-10-28/h7-8,15-16H,4-6,9-14H2,1-3H3,(H,25,30). The average Bonchev–Trinajstić information content (AvgIpc) is 2.88. The molecule has 10 heteroatoms. The van der Waals surface area contributed by atoms with Crippen molar-refractivity contribution in [3.8, 4) is 17.2 Å². The topological polar surface area (TPSA) is 92.3 Å². The predicted octanol–water partition coefficient (Wildman–Crippen LogP) is 2.85. The Balaban J connectivity index is 1.37. The second-order valence-corrected chi connectivity index (χ2v) is 8.08. The van der Waals surface area contributed by atoms with Gasteiger partial charge in [-0.1, -0.05) is 0 Å². The summed E-state index contributed by atoms with van der Waals surface area (Å²) in [5, 5.41) is 2.94. The van der Waals surface area contributed by atoms with Crippen LogP contribution in [0.25, 0.3) is 0 Å². The Bertz CT molecular complexity index is 933. The van der Waals surface area contributed by atoms with Crippen LogP contribution in [-0.2, 0) is 0 Å². The number of nitrogens with zero attached hydrogens (tertiary/aromatic N) is 5. The summed E-state index contributed by atoms with van der Waals surface area (Å²) in [6.45, 7) is 4.63. The number of urea groups is 1. The first kappa shape index (κ1) is 22.8. The van der Waals surface area contributed by atoms with E-state index < -0.39 is 0 Å². The Morgan fingerprint density at radius 2 is 1.55 bits per heavy atom. The zero-order valence-electron chi connectivity index (χ0n) is 19.5. The monoisotopic (exact) mass is 456 g/mol. The van der Waals surface area contributed by atoms with Crippen LogP contribution in [0.5, 0.6) is 17.2 Å². The molecule has 2 aliphatic rings. The van der Waals surface area contributed by atoms with E-state index in [1.807, 2.05) is 12.3 Å². The van der Waals surface area contributed by atoms with E-state index in [9.17, 15) is 4.79 Å². The molecule has 0 radical (unpaired) electrons. The van der Waals surface area contributed by atoms with Crippen molar-refractivity contribution in [2.24, 2.45) is 0 Å². The molecule has 178 valence electrons. The van der Waals surface area contributed by atoms with Gasteiger partial charge in [-0.3, -0.25) is 0 Å². The normalized spacial score (nSPS) is 16.4. The van der Waals surface area contributed by atoms with Crippen molar-refractivity contribution in [3.63, 3.8) is 0 Å². The molecular weight excluding hydrogens is 424 g/mol. The zero-order valence-corrected chi connectivity index (χ0v) is 19.5. The van der Waals surface area contributed by atoms with Gasteiger partial charge in [0.1, 0.15) is 5.82 Å². The van der Waals surface area contributed by atoms with Gasteiger partial charge in [-0.15, -0.1) is 0 Å². The minimum Gasteiger partial charge on any atom is -0.493 e. The number of anilines is 3. The van der Waals surface area contributed by atoms with Gasteiger partial charge in [0.05, 0.1) is 27.0 Å². The van der Waals surface area contributed by atoms with Crippen molar-refractivity contribution in [2.45, 2.75) is 19.3 Å². The third-order valence-electron chi connectivity index (χ3n) is 6.07. The number of carbonyl (C=O) groups is 1. The van der Waals surface area contributed by atoms with Crippen LogP contribution in [0.4, 0.5) is 22.2 Å². The predicted molar refractivity (Wildman–Crippen MR) is 127 cm³/mol. The van der Waals surface area contributed by atoms with Crippen LogP contribution in [0, 0.1) is 0 Å². The van der Waals surface area contributed by atoms with E-state index in [0.717, 1.165) is 24.9 Å². The number of hydrogen-bond donors (Lipinski definition) is 1. The molecule has 0 bridgehead atoms. The van der Waals surface area contributed by atoms with Crippen LogP contribution in [0.3, 0.4) is 0 Å². The summed E-state index contributed by atoms with van der Waals surface area (Å²) in [5.41, 5.74) is 0.582. The van der Waals surface area contributed by atoms with Gasteiger partial charge in [-0.25, -0.2) is 9.78 Å². The fourth-order valence-electron chi connectivity index (χ4n) is 4.26. The zero-order chi connectivity index (χ0) is 23.2. The molecule has 10 nitrogen and oxygen atoms in total. The van der Waals surface area contributed by atoms with Crippen molar-refractivity contribution >= 4 is 23.5 Å². The van der Waals surface area contributed by atoms with Crippen molar-refractivity contribution in [1.82, 2.24) is 14.9 Å². The molecule has 2 aliphatic heterocycles. The van der Waals surface area contributed by atoms with Crippen LogP contribution < -0.4 is 29.3 Å². The maximum Gasteiger partial charge on any atom is 0.321 e. The number of ether oxygens (including phenoxy) is 3. The Hall–Kier alpha value is -3.43. The number of benzene rings is 1. The lowest BCUT2D eigenvalue weighted by atomic mass is 10.1. The summed E-state index contributed by atoms with van der Waals surface area (Å²) in [4.78, 5) is 28.4. The van der Waals surface area contributed by atoms with Crippen molar-refractivity contribution in [2.75, 3.05) is 75.7 Å². The summed E-state index contributed by atoms with van der Waals surface area (Å²) in [6, 6.07) is 5.22. The summed E-state index contributed by atoms with van der Waals surface area (Å²) in [5.74, 6) is 3.18. The number of aromatic nitrogens is 2. The third-order valence-corrected chi connectivity index (χ3v) is 6.07. The molecular formula is C23H32N6O4. The summed E-state index contributed by atoms with van der Waals surface area (Å²) in [7, 11) is 4.64. The first-order chi connectivity index (χ1) is 16.1. The first-order valence-electron chi connectivity index (χ1n) is 11.3. The molecule has 0 atom stereocenters. The quantitative estimate of drug-likeness (QED) is 0.710. The second-order valence-electron chi connectivity index (χ2n) is 8.08. The van der Waals surface area contributed by atoms with Crippen LogP contribution in [0.1, 0.15) is 19.3 Å². The molecule has 2 amide bonds. The molecule has 0 aliphatic carbocycles. The van der Waals surface area contributed by atoms with Crippen molar-refractivity contribution < 1.29 is 19.0 Å². The Morgan fingerprint density at radius 3 is 2.15 bits per heavy atom. The maximum absolute atomic E-state index is 12.9. The van der Waals surface area contributed by atoms with E-state index in [-0.39, 0.29) is 6.03 Å². The number of carbonyl (C=O) groups excluding carboxylic acids is 1. The molecule has 1 aromatic carbocycles. The highest BCUT2D eigenvalue weighted by Crippen LogP contribution is 2.40. The van der Waals surface area contributed by atoms with Gasteiger partial charge in [0, 0.05) is 57.6 Å². The van der Waals surface area contributed by atoms with Gasteiger partial charge in [-0.05, 0) is 25.3 Å². The Morgan fingerprint density at radius 1 is 0.879 bits per heavy atom. The van der Waals surface area contributed by atoms with E-state index in [1.165, 1.54) is 19.3 Å². The van der Waals surface area contributed by atoms with Crippen molar-refractivity contribution in [3.05, 3.63) is 24.4 Å². The number of hydrogen-bond acceptors (Lipinski definition) is 8. The Kier molecular flexibility index (Phi) is 7.21. The number of rotatable bonds is 6. The van der Waals surface area contributed by atoms with Crippen LogP contribution in [-0.4, -0.2) is 81.5 Å². The molecule has 0 unspecified atom stereocenters. The molecule has 2 fully saturated rings. The lowest BCUT2D eigenvalue weighted by molar-refractivity contribution is 0.208. The minimum atomic E-state index is -0.166. The number of nitrogens with one attached hydrogen (secondary N) is 1. The molecule has 1 aromatic heterocycles. The van der Waals surface area contributed by atoms with Gasteiger partial charge in [-0.2, -0.15) is 4.98 Å². The lowest BCUT2D eigenvalue weighted by Crippen LogP contribution is -2.50. The highest BCUT2D eigenvalue weighted by atomic mass is 16.5. The van der Waals surface area contributed by atoms with Gasteiger partial charge in [0.15, 0.2) is 11.5 Å². The fraction of sp³-hybridized carbons (Fsp3) is 0.522. The third kappa shape index (κ3) is 5.15. The van der Waals surface area contributed by atoms with Crippen LogP contribution in [0.15, 0.2) is 24.4 Å². The molecule has 0 spiro atoms. The van der Waals surface area contributed by atoms with Gasteiger partial charge >= 0.3 is 6.03 Å². The molecule has 0 saturated carbocycles. The summed E-state index contributed by atoms with van der Waals surface area (Å²) in [6.07, 6.45) is 5.48. The highest BCUT2D eigenvalue weighted by molar-refractivity contribution is 5.90. The molecule has 4 rings (SSSR count).